The highest BCUT2D eigenvalue weighted by atomic mass is 35.5. The van der Waals surface area contributed by atoms with E-state index in [0.717, 1.165) is 24.5 Å². The predicted molar refractivity (Wildman–Crippen MR) is 100 cm³/mol. The van der Waals surface area contributed by atoms with Gasteiger partial charge in [-0.25, -0.2) is 9.97 Å². The van der Waals surface area contributed by atoms with Crippen LogP contribution in [0.2, 0.25) is 5.02 Å². The van der Waals surface area contributed by atoms with Crippen LogP contribution in [0.1, 0.15) is 11.4 Å². The molecule has 1 aliphatic rings. The van der Waals surface area contributed by atoms with E-state index in [9.17, 15) is 4.79 Å². The Morgan fingerprint density at radius 1 is 1.19 bits per heavy atom. The zero-order valence-corrected chi connectivity index (χ0v) is 15.5. The summed E-state index contributed by atoms with van der Waals surface area (Å²) in [6, 6.07) is 6.85. The van der Waals surface area contributed by atoms with E-state index in [0.29, 0.717) is 35.6 Å². The predicted octanol–water partition coefficient (Wildman–Crippen LogP) is 2.60. The summed E-state index contributed by atoms with van der Waals surface area (Å²) in [5, 5.41) is 3.45. The lowest BCUT2D eigenvalue weighted by Crippen LogP contribution is -2.37. The fourth-order valence-corrected chi connectivity index (χ4v) is 2.77. The molecule has 0 radical (unpaired) electrons. The number of halogens is 1. The number of hydrogen-bond acceptors (Lipinski definition) is 6. The number of nitrogens with one attached hydrogen (secondary N) is 1. The average molecular weight is 377 g/mol. The van der Waals surface area contributed by atoms with Crippen molar-refractivity contribution < 1.29 is 14.3 Å². The van der Waals surface area contributed by atoms with Crippen molar-refractivity contribution in [1.82, 2.24) is 9.97 Å². The molecule has 26 heavy (non-hydrogen) atoms. The van der Waals surface area contributed by atoms with Gasteiger partial charge in [-0.05, 0) is 38.1 Å². The third-order valence-corrected chi connectivity index (χ3v) is 4.25. The third kappa shape index (κ3) is 4.62. The molecule has 1 amide bonds. The van der Waals surface area contributed by atoms with Gasteiger partial charge in [0.1, 0.15) is 5.75 Å². The van der Waals surface area contributed by atoms with E-state index in [4.69, 9.17) is 21.1 Å². The molecule has 1 aliphatic heterocycles. The molecule has 7 nitrogen and oxygen atoms in total. The second kappa shape index (κ2) is 8.33. The van der Waals surface area contributed by atoms with Crippen LogP contribution in [-0.2, 0) is 9.53 Å². The monoisotopic (exact) mass is 376 g/mol. The smallest absolute Gasteiger partial charge is 0.262 e. The minimum absolute atomic E-state index is 0.105. The van der Waals surface area contributed by atoms with Crippen LogP contribution in [0.25, 0.3) is 0 Å². The lowest BCUT2D eigenvalue weighted by atomic mass is 10.2. The molecule has 0 spiro atoms. The third-order valence-electron chi connectivity index (χ3n) is 4.00. The quantitative estimate of drug-likeness (QED) is 0.864. The number of rotatable bonds is 5. The van der Waals surface area contributed by atoms with Crippen LogP contribution in [0.4, 0.5) is 11.6 Å². The molecule has 0 unspecified atom stereocenters. The molecule has 1 saturated heterocycles. The normalized spacial score (nSPS) is 14.2. The molecule has 3 rings (SSSR count). The summed E-state index contributed by atoms with van der Waals surface area (Å²) in [6.45, 7) is 6.47. The molecule has 0 aliphatic carbocycles. The summed E-state index contributed by atoms with van der Waals surface area (Å²) < 4.78 is 10.8. The van der Waals surface area contributed by atoms with Crippen molar-refractivity contribution in [2.45, 2.75) is 13.8 Å². The first kappa shape index (κ1) is 18.4. The molecule has 8 heteroatoms. The number of nitrogens with zero attached hydrogens (tertiary/aromatic N) is 3. The molecule has 138 valence electrons. The molecule has 1 aromatic heterocycles. The second-order valence-corrected chi connectivity index (χ2v) is 6.40. The number of morpholine rings is 1. The van der Waals surface area contributed by atoms with Crippen molar-refractivity contribution in [1.29, 1.82) is 0 Å². The highest BCUT2D eigenvalue weighted by Crippen LogP contribution is 2.21. The molecular formula is C18H21ClN4O3. The largest absolute Gasteiger partial charge is 0.484 e. The number of aryl methyl sites for hydroxylation is 2. The summed E-state index contributed by atoms with van der Waals surface area (Å²) >= 11 is 5.83. The summed E-state index contributed by atoms with van der Waals surface area (Å²) in [7, 11) is 0. The molecule has 0 atom stereocenters. The first-order chi connectivity index (χ1) is 12.5. The Morgan fingerprint density at radius 3 is 2.42 bits per heavy atom. The van der Waals surface area contributed by atoms with E-state index >= 15 is 0 Å². The number of carbonyl (C=O) groups is 1. The zero-order valence-electron chi connectivity index (χ0n) is 14.8. The first-order valence-electron chi connectivity index (χ1n) is 8.39. The van der Waals surface area contributed by atoms with Crippen LogP contribution in [0.15, 0.2) is 24.3 Å². The van der Waals surface area contributed by atoms with Crippen molar-refractivity contribution >= 4 is 29.1 Å². The number of benzene rings is 1. The van der Waals surface area contributed by atoms with Gasteiger partial charge >= 0.3 is 0 Å². The number of hydrogen-bond donors (Lipinski definition) is 1. The molecule has 0 bridgehead atoms. The van der Waals surface area contributed by atoms with Crippen molar-refractivity contribution in [3.05, 3.63) is 40.7 Å². The summed E-state index contributed by atoms with van der Waals surface area (Å²) in [4.78, 5) is 23.3. The van der Waals surface area contributed by atoms with Crippen molar-refractivity contribution in [3.63, 3.8) is 0 Å². The maximum atomic E-state index is 12.2. The Balaban J connectivity index is 1.63. The van der Waals surface area contributed by atoms with Crippen LogP contribution in [-0.4, -0.2) is 48.8 Å². The zero-order chi connectivity index (χ0) is 18.5. The van der Waals surface area contributed by atoms with Crippen molar-refractivity contribution in [2.24, 2.45) is 0 Å². The first-order valence-corrected chi connectivity index (χ1v) is 8.77. The highest BCUT2D eigenvalue weighted by molar-refractivity contribution is 6.30. The Bertz CT molecular complexity index is 754. The van der Waals surface area contributed by atoms with Crippen LogP contribution < -0.4 is 15.0 Å². The van der Waals surface area contributed by atoms with Gasteiger partial charge in [-0.15, -0.1) is 0 Å². The molecular weight excluding hydrogens is 356 g/mol. The van der Waals surface area contributed by atoms with Gasteiger partial charge in [-0.1, -0.05) is 11.6 Å². The molecule has 0 saturated carbocycles. The van der Waals surface area contributed by atoms with Crippen molar-refractivity contribution in [3.8, 4) is 5.75 Å². The van der Waals surface area contributed by atoms with Crippen LogP contribution >= 0.6 is 11.6 Å². The Labute approximate surface area is 157 Å². The van der Waals surface area contributed by atoms with Crippen molar-refractivity contribution in [2.75, 3.05) is 43.1 Å². The highest BCUT2D eigenvalue weighted by Gasteiger charge is 2.18. The SMILES string of the molecule is Cc1nc(N2CCOCC2)nc(C)c1NC(=O)COc1ccc(Cl)cc1. The number of ether oxygens (including phenoxy) is 2. The molecule has 1 aromatic carbocycles. The molecule has 1 fully saturated rings. The molecule has 1 N–H and O–H groups in total. The van der Waals surface area contributed by atoms with Gasteiger partial charge < -0.3 is 19.7 Å². The van der Waals surface area contributed by atoms with E-state index in [1.165, 1.54) is 0 Å². The van der Waals surface area contributed by atoms with Crippen LogP contribution in [0.5, 0.6) is 5.75 Å². The summed E-state index contributed by atoms with van der Waals surface area (Å²) in [5.41, 5.74) is 2.06. The lowest BCUT2D eigenvalue weighted by Gasteiger charge is -2.27. The van der Waals surface area contributed by atoms with Gasteiger partial charge in [0.15, 0.2) is 6.61 Å². The Hall–Kier alpha value is -2.38. The van der Waals surface area contributed by atoms with E-state index in [1.54, 1.807) is 24.3 Å². The van der Waals surface area contributed by atoms with Gasteiger partial charge in [-0.3, -0.25) is 4.79 Å². The van der Waals surface area contributed by atoms with E-state index in [-0.39, 0.29) is 12.5 Å². The number of carbonyl (C=O) groups excluding carboxylic acids is 1. The minimum Gasteiger partial charge on any atom is -0.484 e. The van der Waals surface area contributed by atoms with Crippen LogP contribution in [0.3, 0.4) is 0 Å². The Kier molecular flexibility index (Phi) is 5.90. The van der Waals surface area contributed by atoms with Gasteiger partial charge in [0.2, 0.25) is 5.95 Å². The van der Waals surface area contributed by atoms with Gasteiger partial charge in [0, 0.05) is 18.1 Å². The van der Waals surface area contributed by atoms with E-state index in [2.05, 4.69) is 20.2 Å². The van der Waals surface area contributed by atoms with Crippen LogP contribution in [0, 0.1) is 13.8 Å². The van der Waals surface area contributed by atoms with Gasteiger partial charge in [-0.2, -0.15) is 0 Å². The second-order valence-electron chi connectivity index (χ2n) is 5.96. The average Bonchev–Trinajstić information content (AvgIpc) is 2.65. The molecule has 2 heterocycles. The number of aromatic nitrogens is 2. The van der Waals surface area contributed by atoms with E-state index < -0.39 is 0 Å². The lowest BCUT2D eigenvalue weighted by molar-refractivity contribution is -0.118. The standard InChI is InChI=1S/C18H21ClN4O3/c1-12-17(13(2)21-18(20-12)23-7-9-25-10-8-23)22-16(24)11-26-15-5-3-14(19)4-6-15/h3-6H,7-11H2,1-2H3,(H,22,24). The minimum atomic E-state index is -0.270. The maximum absolute atomic E-state index is 12.2. The molecule has 2 aromatic rings. The maximum Gasteiger partial charge on any atom is 0.262 e. The number of anilines is 2. The fraction of sp³-hybridized carbons (Fsp3) is 0.389. The topological polar surface area (TPSA) is 76.6 Å². The summed E-state index contributed by atoms with van der Waals surface area (Å²) in [5.74, 6) is 0.976. The Morgan fingerprint density at radius 2 is 1.81 bits per heavy atom. The summed E-state index contributed by atoms with van der Waals surface area (Å²) in [6.07, 6.45) is 0. The van der Waals surface area contributed by atoms with Gasteiger partial charge in [0.05, 0.1) is 30.3 Å². The number of amides is 1. The van der Waals surface area contributed by atoms with E-state index in [1.807, 2.05) is 13.8 Å². The fourth-order valence-electron chi connectivity index (χ4n) is 2.64. The van der Waals surface area contributed by atoms with Gasteiger partial charge in [0.25, 0.3) is 5.91 Å².